The average Bonchev–Trinajstić information content (AvgIpc) is 2.84. The zero-order chi connectivity index (χ0) is 14.5. The molecule has 0 fully saturated rings. The highest BCUT2D eigenvalue weighted by molar-refractivity contribution is 5.77. The second-order valence-corrected chi connectivity index (χ2v) is 6.57. The minimum Gasteiger partial charge on any atom is -0.296 e. The van der Waals surface area contributed by atoms with Crippen molar-refractivity contribution in [2.75, 3.05) is 0 Å². The highest BCUT2D eigenvalue weighted by Crippen LogP contribution is 2.22. The van der Waals surface area contributed by atoms with Crippen molar-refractivity contribution in [3.05, 3.63) is 36.5 Å². The molecule has 0 aliphatic carbocycles. The van der Waals surface area contributed by atoms with Gasteiger partial charge in [-0.15, -0.1) is 0 Å². The van der Waals surface area contributed by atoms with E-state index in [1.807, 2.05) is 12.4 Å². The minimum atomic E-state index is 0.0533. The van der Waals surface area contributed by atoms with E-state index in [-0.39, 0.29) is 5.54 Å². The lowest BCUT2D eigenvalue weighted by molar-refractivity contribution is -0.753. The van der Waals surface area contributed by atoms with E-state index in [4.69, 9.17) is 4.98 Å². The van der Waals surface area contributed by atoms with Crippen molar-refractivity contribution in [1.29, 1.82) is 0 Å². The third-order valence-electron chi connectivity index (χ3n) is 3.61. The summed E-state index contributed by atoms with van der Waals surface area (Å²) >= 11 is 0. The predicted molar refractivity (Wildman–Crippen MR) is 79.8 cm³/mol. The van der Waals surface area contributed by atoms with Crippen LogP contribution in [0.3, 0.4) is 0 Å². The molecular formula is C16H21N4+. The van der Waals surface area contributed by atoms with E-state index in [2.05, 4.69) is 67.0 Å². The smallest absolute Gasteiger partial charge is 0.197 e. The summed E-state index contributed by atoms with van der Waals surface area (Å²) in [6.07, 6.45) is 8.08. The lowest BCUT2D eigenvalue weighted by Crippen LogP contribution is -2.49. The van der Waals surface area contributed by atoms with E-state index in [0.29, 0.717) is 5.92 Å². The van der Waals surface area contributed by atoms with Crippen molar-refractivity contribution >= 4 is 16.7 Å². The van der Waals surface area contributed by atoms with Gasteiger partial charge in [-0.3, -0.25) is 4.40 Å². The van der Waals surface area contributed by atoms with Gasteiger partial charge < -0.3 is 0 Å². The standard InChI is InChI=1S/C16H21N4/c1-11(2)14-15-17-7-9-20(15)13-6-8-19(16(3,4)5)10-12(13)18-14/h6-11H,1-5H3/q+1. The molecule has 0 aromatic carbocycles. The van der Waals surface area contributed by atoms with E-state index in [1.54, 1.807) is 0 Å². The van der Waals surface area contributed by atoms with Crippen LogP contribution in [-0.2, 0) is 5.54 Å². The zero-order valence-corrected chi connectivity index (χ0v) is 12.8. The third-order valence-corrected chi connectivity index (χ3v) is 3.61. The van der Waals surface area contributed by atoms with E-state index in [1.165, 1.54) is 0 Å². The molecule has 0 bridgehead atoms. The highest BCUT2D eigenvalue weighted by Gasteiger charge is 2.22. The number of hydrogen-bond acceptors (Lipinski definition) is 2. The molecule has 4 nitrogen and oxygen atoms in total. The van der Waals surface area contributed by atoms with Crippen molar-refractivity contribution in [3.8, 4) is 0 Å². The van der Waals surface area contributed by atoms with Crippen LogP contribution < -0.4 is 4.57 Å². The van der Waals surface area contributed by atoms with Crippen LogP contribution in [0.2, 0.25) is 0 Å². The Balaban J connectivity index is 2.38. The van der Waals surface area contributed by atoms with Crippen molar-refractivity contribution in [2.45, 2.75) is 46.1 Å². The van der Waals surface area contributed by atoms with E-state index >= 15 is 0 Å². The molecule has 4 heteroatoms. The molecule has 0 aliphatic heterocycles. The Kier molecular flexibility index (Phi) is 2.78. The summed E-state index contributed by atoms with van der Waals surface area (Å²) < 4.78 is 4.33. The molecule has 0 saturated heterocycles. The number of nitrogens with zero attached hydrogens (tertiary/aromatic N) is 4. The molecule has 0 atom stereocenters. The SMILES string of the molecule is CC(C)c1nc2c[n+](C(C)(C)C)ccc2n2ccnc12. The minimum absolute atomic E-state index is 0.0533. The quantitative estimate of drug-likeness (QED) is 0.636. The first-order chi connectivity index (χ1) is 9.38. The van der Waals surface area contributed by atoms with Gasteiger partial charge >= 0.3 is 0 Å². The van der Waals surface area contributed by atoms with Gasteiger partial charge in [-0.2, -0.15) is 4.57 Å². The number of hydrogen-bond donors (Lipinski definition) is 0. The molecule has 0 unspecified atom stereocenters. The van der Waals surface area contributed by atoms with Crippen molar-refractivity contribution < 1.29 is 4.57 Å². The van der Waals surface area contributed by atoms with Crippen LogP contribution in [0.5, 0.6) is 0 Å². The monoisotopic (exact) mass is 269 g/mol. The first-order valence-corrected chi connectivity index (χ1v) is 7.06. The fourth-order valence-corrected chi connectivity index (χ4v) is 2.44. The normalized spacial score (nSPS) is 12.7. The molecule has 0 radical (unpaired) electrons. The fraction of sp³-hybridized carbons (Fsp3) is 0.438. The van der Waals surface area contributed by atoms with E-state index < -0.39 is 0 Å². The summed E-state index contributed by atoms with van der Waals surface area (Å²) in [5.74, 6) is 0.354. The molecule has 104 valence electrons. The average molecular weight is 269 g/mol. The molecule has 3 heterocycles. The van der Waals surface area contributed by atoms with Gasteiger partial charge in [-0.25, -0.2) is 9.97 Å². The largest absolute Gasteiger partial charge is 0.296 e. The molecular weight excluding hydrogens is 248 g/mol. The van der Waals surface area contributed by atoms with Crippen molar-refractivity contribution in [2.24, 2.45) is 0 Å². The summed E-state index contributed by atoms with van der Waals surface area (Å²) in [4.78, 5) is 9.30. The van der Waals surface area contributed by atoms with Crippen LogP contribution in [0.25, 0.3) is 16.7 Å². The molecule has 0 saturated carbocycles. The molecule has 3 rings (SSSR count). The molecule has 0 amide bonds. The first kappa shape index (κ1) is 13.0. The Morgan fingerprint density at radius 3 is 2.65 bits per heavy atom. The van der Waals surface area contributed by atoms with E-state index in [9.17, 15) is 0 Å². The maximum Gasteiger partial charge on any atom is 0.197 e. The topological polar surface area (TPSA) is 34.1 Å². The van der Waals surface area contributed by atoms with Gasteiger partial charge in [-0.05, 0) is 5.92 Å². The molecule has 0 N–H and O–H groups in total. The van der Waals surface area contributed by atoms with Crippen molar-refractivity contribution in [3.63, 3.8) is 0 Å². The summed E-state index contributed by atoms with van der Waals surface area (Å²) in [5.41, 5.74) is 4.17. The lowest BCUT2D eigenvalue weighted by atomic mass is 10.1. The van der Waals surface area contributed by atoms with Crippen LogP contribution in [0.1, 0.15) is 46.2 Å². The first-order valence-electron chi connectivity index (χ1n) is 7.06. The van der Waals surface area contributed by atoms with Crippen LogP contribution in [0.15, 0.2) is 30.9 Å². The Hall–Kier alpha value is -1.97. The van der Waals surface area contributed by atoms with Gasteiger partial charge in [-0.1, -0.05) is 13.8 Å². The van der Waals surface area contributed by atoms with Gasteiger partial charge in [0.25, 0.3) is 0 Å². The Morgan fingerprint density at radius 2 is 2.00 bits per heavy atom. The van der Waals surface area contributed by atoms with Gasteiger partial charge in [0.05, 0.1) is 11.2 Å². The number of pyridine rings is 1. The summed E-state index contributed by atoms with van der Waals surface area (Å²) in [6, 6.07) is 2.12. The number of fused-ring (bicyclic) bond motifs is 3. The molecule has 20 heavy (non-hydrogen) atoms. The van der Waals surface area contributed by atoms with Crippen molar-refractivity contribution in [1.82, 2.24) is 14.4 Å². The zero-order valence-electron chi connectivity index (χ0n) is 12.8. The molecule has 3 aromatic rings. The highest BCUT2D eigenvalue weighted by atomic mass is 15.1. The third kappa shape index (κ3) is 1.96. The van der Waals surface area contributed by atoms with E-state index in [0.717, 1.165) is 22.4 Å². The second kappa shape index (κ2) is 4.27. The Bertz CT molecular complexity index is 778. The lowest BCUT2D eigenvalue weighted by Gasteiger charge is -2.14. The van der Waals surface area contributed by atoms with Gasteiger partial charge in [0.15, 0.2) is 29.1 Å². The Morgan fingerprint density at radius 1 is 1.25 bits per heavy atom. The molecule has 0 aliphatic rings. The summed E-state index contributed by atoms with van der Waals surface area (Å²) in [5, 5.41) is 0. The fourth-order valence-electron chi connectivity index (χ4n) is 2.44. The maximum atomic E-state index is 4.85. The van der Waals surface area contributed by atoms with Crippen LogP contribution in [-0.4, -0.2) is 14.4 Å². The van der Waals surface area contributed by atoms with Gasteiger partial charge in [0.2, 0.25) is 0 Å². The predicted octanol–water partition coefficient (Wildman–Crippen LogP) is 3.05. The Labute approximate surface area is 119 Å². The molecule has 3 aromatic heterocycles. The van der Waals surface area contributed by atoms with Crippen LogP contribution in [0.4, 0.5) is 0 Å². The van der Waals surface area contributed by atoms with Gasteiger partial charge in [0, 0.05) is 39.2 Å². The van der Waals surface area contributed by atoms with Crippen LogP contribution in [0, 0.1) is 0 Å². The molecule has 0 spiro atoms. The maximum absolute atomic E-state index is 4.85. The number of aromatic nitrogens is 4. The second-order valence-electron chi connectivity index (χ2n) is 6.57. The number of imidazole rings is 1. The number of rotatable bonds is 1. The van der Waals surface area contributed by atoms with Gasteiger partial charge in [0.1, 0.15) is 0 Å². The summed E-state index contributed by atoms with van der Waals surface area (Å²) in [7, 11) is 0. The van der Waals surface area contributed by atoms with Crippen LogP contribution >= 0.6 is 0 Å². The summed E-state index contributed by atoms with van der Waals surface area (Å²) in [6.45, 7) is 10.9.